The minimum Gasteiger partial charge on any atom is -0.464 e. The predicted octanol–water partition coefficient (Wildman–Crippen LogP) is 5.10. The number of thiophene rings is 1. The van der Waals surface area contributed by atoms with E-state index in [4.69, 9.17) is 4.74 Å². The monoisotopic (exact) mass is 577 g/mol. The van der Waals surface area contributed by atoms with Crippen molar-refractivity contribution in [2.75, 3.05) is 25.0 Å². The topological polar surface area (TPSA) is 122 Å². The number of amides is 2. The average molecular weight is 578 g/mol. The van der Waals surface area contributed by atoms with Gasteiger partial charge in [-0.05, 0) is 55.7 Å². The summed E-state index contributed by atoms with van der Waals surface area (Å²) in [6.45, 7) is 10.2. The zero-order chi connectivity index (χ0) is 29.6. The number of anilines is 1. The number of hydrogen-bond donors (Lipinski definition) is 3. The number of hydrogen-bond acceptors (Lipinski definition) is 8. The number of ether oxygens (including phenoxy) is 1. The third kappa shape index (κ3) is 9.53. The first-order valence-corrected chi connectivity index (χ1v) is 14.8. The lowest BCUT2D eigenvalue weighted by molar-refractivity contribution is -0.145. The fourth-order valence-corrected chi connectivity index (χ4v) is 4.94. The van der Waals surface area contributed by atoms with Crippen molar-refractivity contribution in [3.8, 4) is 0 Å². The van der Waals surface area contributed by atoms with Gasteiger partial charge in [0.1, 0.15) is 6.04 Å². The zero-order valence-electron chi connectivity index (χ0n) is 24.0. The summed E-state index contributed by atoms with van der Waals surface area (Å²) in [4.78, 5) is 48.1. The number of carbonyl (C=O) groups excluding carboxylic acids is 3. The van der Waals surface area contributed by atoms with Gasteiger partial charge in [-0.1, -0.05) is 62.8 Å². The molecular weight excluding hydrogens is 538 g/mol. The molecule has 9 nitrogen and oxygen atoms in total. The molecule has 3 aromatic rings. The first kappa shape index (κ1) is 31.5. The molecule has 2 aromatic heterocycles. The second-order valence-corrected chi connectivity index (χ2v) is 10.6. The molecule has 0 saturated heterocycles. The van der Waals surface area contributed by atoms with Crippen LogP contribution in [-0.4, -0.2) is 53.5 Å². The Morgan fingerprint density at radius 1 is 1.02 bits per heavy atom. The van der Waals surface area contributed by atoms with Crippen LogP contribution in [0, 0.1) is 13.8 Å². The highest BCUT2D eigenvalue weighted by Gasteiger charge is 2.26. The molecule has 218 valence electrons. The van der Waals surface area contributed by atoms with Crippen LogP contribution < -0.4 is 16.0 Å². The Bertz CT molecular complexity index is 1300. The van der Waals surface area contributed by atoms with Crippen LogP contribution in [0.4, 0.5) is 5.95 Å². The quantitative estimate of drug-likeness (QED) is 0.160. The van der Waals surface area contributed by atoms with Crippen molar-refractivity contribution in [3.63, 3.8) is 0 Å². The van der Waals surface area contributed by atoms with Crippen molar-refractivity contribution in [2.24, 2.45) is 0 Å². The molecule has 0 aliphatic carbocycles. The molecule has 10 heteroatoms. The van der Waals surface area contributed by atoms with Gasteiger partial charge in [-0.15, -0.1) is 11.3 Å². The van der Waals surface area contributed by atoms with Gasteiger partial charge in [-0.25, -0.2) is 14.8 Å². The highest BCUT2D eigenvalue weighted by molar-refractivity contribution is 7.12. The van der Waals surface area contributed by atoms with Crippen LogP contribution in [0.2, 0.25) is 0 Å². The summed E-state index contributed by atoms with van der Waals surface area (Å²) in [6, 6.07) is 10.5. The van der Waals surface area contributed by atoms with Crippen molar-refractivity contribution in [1.82, 2.24) is 20.6 Å². The van der Waals surface area contributed by atoms with E-state index in [-0.39, 0.29) is 24.6 Å². The van der Waals surface area contributed by atoms with Gasteiger partial charge >= 0.3 is 5.97 Å². The molecule has 2 heterocycles. The second kappa shape index (κ2) is 16.3. The van der Waals surface area contributed by atoms with Gasteiger partial charge in [0.25, 0.3) is 11.8 Å². The Balaban J connectivity index is 1.62. The summed E-state index contributed by atoms with van der Waals surface area (Å²) in [5.74, 6) is -0.997. The maximum atomic E-state index is 13.3. The standard InChI is InChI=1S/C31H39N5O4S/c1-5-7-10-18-40-30(39)25(20-33-28(37)26-16-12-19-41-26)36-29(38)27-21(3)34-31(35-22(27)4)32-17-11-15-24-14-9-8-13-23(24)6-2/h6,8-9,12-14,16,19,25H,2,5,7,10-11,15,17-18,20H2,1,3-4H3,(H,33,37)(H,36,38)(H,32,34,35). The second-order valence-electron chi connectivity index (χ2n) is 9.61. The van der Waals surface area contributed by atoms with E-state index >= 15 is 0 Å². The number of carbonyl (C=O) groups is 3. The Morgan fingerprint density at radius 2 is 1.78 bits per heavy atom. The summed E-state index contributed by atoms with van der Waals surface area (Å²) in [5.41, 5.74) is 3.60. The molecule has 41 heavy (non-hydrogen) atoms. The van der Waals surface area contributed by atoms with E-state index in [1.807, 2.05) is 24.3 Å². The van der Waals surface area contributed by atoms with Crippen LogP contribution in [-0.2, 0) is 16.0 Å². The normalized spacial score (nSPS) is 11.4. The highest BCUT2D eigenvalue weighted by Crippen LogP contribution is 2.15. The van der Waals surface area contributed by atoms with Gasteiger partial charge in [0.2, 0.25) is 5.95 Å². The maximum Gasteiger partial charge on any atom is 0.330 e. The number of rotatable bonds is 16. The third-order valence-electron chi connectivity index (χ3n) is 6.47. The van der Waals surface area contributed by atoms with Crippen LogP contribution >= 0.6 is 11.3 Å². The number of esters is 1. The van der Waals surface area contributed by atoms with Crippen LogP contribution in [0.15, 0.2) is 48.4 Å². The summed E-state index contributed by atoms with van der Waals surface area (Å²) in [7, 11) is 0. The van der Waals surface area contributed by atoms with Gasteiger partial charge in [-0.2, -0.15) is 0 Å². The van der Waals surface area contributed by atoms with E-state index in [2.05, 4.69) is 45.5 Å². The van der Waals surface area contributed by atoms with Crippen molar-refractivity contribution >= 4 is 41.1 Å². The van der Waals surface area contributed by atoms with Crippen LogP contribution in [0.25, 0.3) is 6.08 Å². The Kier molecular flexibility index (Phi) is 12.5. The van der Waals surface area contributed by atoms with Crippen molar-refractivity contribution in [2.45, 2.75) is 58.9 Å². The number of benzene rings is 1. The molecule has 1 aromatic carbocycles. The number of aromatic nitrogens is 2. The van der Waals surface area contributed by atoms with Crippen molar-refractivity contribution in [3.05, 3.63) is 81.3 Å². The Hall–Kier alpha value is -4.05. The van der Waals surface area contributed by atoms with Crippen molar-refractivity contribution < 1.29 is 19.1 Å². The fraction of sp³-hybridized carbons (Fsp3) is 0.387. The Morgan fingerprint density at radius 3 is 2.46 bits per heavy atom. The smallest absolute Gasteiger partial charge is 0.330 e. The zero-order valence-corrected chi connectivity index (χ0v) is 24.8. The van der Waals surface area contributed by atoms with Gasteiger partial charge in [0.15, 0.2) is 0 Å². The predicted molar refractivity (Wildman–Crippen MR) is 163 cm³/mol. The summed E-state index contributed by atoms with van der Waals surface area (Å²) < 4.78 is 5.40. The first-order chi connectivity index (χ1) is 19.8. The number of unbranched alkanes of at least 4 members (excludes halogenated alkanes) is 2. The number of nitrogens with one attached hydrogen (secondary N) is 3. The molecule has 2 amide bonds. The van der Waals surface area contributed by atoms with Crippen LogP contribution in [0.3, 0.4) is 0 Å². The molecule has 0 aliphatic heterocycles. The average Bonchev–Trinajstić information content (AvgIpc) is 3.50. The highest BCUT2D eigenvalue weighted by atomic mass is 32.1. The largest absolute Gasteiger partial charge is 0.464 e. The van der Waals surface area contributed by atoms with Crippen LogP contribution in [0.1, 0.15) is 75.2 Å². The first-order valence-electron chi connectivity index (χ1n) is 13.9. The van der Waals surface area contributed by atoms with Gasteiger partial charge in [-0.3, -0.25) is 9.59 Å². The SMILES string of the molecule is C=Cc1ccccc1CCCNc1nc(C)c(C(=O)NC(CNC(=O)c2cccs2)C(=O)OCCCCC)c(C)n1. The fourth-order valence-electron chi connectivity index (χ4n) is 4.30. The lowest BCUT2D eigenvalue weighted by atomic mass is 10.0. The van der Waals surface area contributed by atoms with Gasteiger partial charge in [0.05, 0.1) is 28.4 Å². The van der Waals surface area contributed by atoms with E-state index in [0.717, 1.165) is 37.7 Å². The molecule has 0 saturated carbocycles. The Labute approximate surface area is 245 Å². The van der Waals surface area contributed by atoms with E-state index in [9.17, 15) is 14.4 Å². The molecule has 0 radical (unpaired) electrons. The molecule has 3 rings (SSSR count). The summed E-state index contributed by atoms with van der Waals surface area (Å²) in [5, 5.41) is 10.5. The van der Waals surface area contributed by atoms with E-state index < -0.39 is 17.9 Å². The molecule has 1 unspecified atom stereocenters. The minimum absolute atomic E-state index is 0.108. The molecule has 1 atom stereocenters. The number of nitrogens with zero attached hydrogens (tertiary/aromatic N) is 2. The van der Waals surface area contributed by atoms with Gasteiger partial charge in [0, 0.05) is 13.1 Å². The maximum absolute atomic E-state index is 13.3. The van der Waals surface area contributed by atoms with Crippen LogP contribution in [0.5, 0.6) is 0 Å². The molecule has 3 N–H and O–H groups in total. The van der Waals surface area contributed by atoms with E-state index in [1.165, 1.54) is 16.9 Å². The molecule has 0 aliphatic rings. The number of aryl methyl sites for hydroxylation is 3. The molecule has 0 fully saturated rings. The summed E-state index contributed by atoms with van der Waals surface area (Å²) >= 11 is 1.29. The summed E-state index contributed by atoms with van der Waals surface area (Å²) in [6.07, 6.45) is 6.25. The van der Waals surface area contributed by atoms with E-state index in [0.29, 0.717) is 28.8 Å². The molecule has 0 spiro atoms. The third-order valence-corrected chi connectivity index (χ3v) is 7.34. The molecule has 0 bridgehead atoms. The van der Waals surface area contributed by atoms with E-state index in [1.54, 1.807) is 31.4 Å². The molecular formula is C31H39N5O4S. The lowest BCUT2D eigenvalue weighted by Gasteiger charge is -2.19. The minimum atomic E-state index is -1.07. The van der Waals surface area contributed by atoms with Crippen molar-refractivity contribution in [1.29, 1.82) is 0 Å². The lowest BCUT2D eigenvalue weighted by Crippen LogP contribution is -2.49. The van der Waals surface area contributed by atoms with Gasteiger partial charge < -0.3 is 20.7 Å².